The Labute approximate surface area is 123 Å². The molecule has 0 spiro atoms. The lowest BCUT2D eigenvalue weighted by atomic mass is 9.77. The first-order valence-electron chi connectivity index (χ1n) is 8.55. The van der Waals surface area contributed by atoms with E-state index in [1.807, 2.05) is 0 Å². The fourth-order valence-corrected chi connectivity index (χ4v) is 4.66. The van der Waals surface area contributed by atoms with Crippen molar-refractivity contribution in [1.82, 2.24) is 4.57 Å². The van der Waals surface area contributed by atoms with Crippen molar-refractivity contribution in [2.24, 2.45) is 17.6 Å². The lowest BCUT2D eigenvalue weighted by molar-refractivity contribution is 0.179. The Kier molecular flexibility index (Phi) is 3.94. The Morgan fingerprint density at radius 3 is 2.65 bits per heavy atom. The Balaban J connectivity index is 2.00. The second-order valence-electron chi connectivity index (χ2n) is 7.32. The average molecular weight is 274 g/mol. The molecule has 2 aliphatic carbocycles. The molecule has 3 rings (SSSR count). The van der Waals surface area contributed by atoms with Crippen LogP contribution in [0.1, 0.15) is 81.4 Å². The molecule has 2 N–H and O–H groups in total. The monoisotopic (exact) mass is 274 g/mol. The lowest BCUT2D eigenvalue weighted by Crippen LogP contribution is -2.29. The molecule has 0 aromatic carbocycles. The van der Waals surface area contributed by atoms with E-state index in [1.54, 1.807) is 5.69 Å². The van der Waals surface area contributed by atoms with Crippen molar-refractivity contribution in [2.45, 2.75) is 77.8 Å². The first kappa shape index (κ1) is 14.2. The topological polar surface area (TPSA) is 30.9 Å². The Bertz CT molecular complexity index is 472. The molecule has 0 bridgehead atoms. The van der Waals surface area contributed by atoms with Gasteiger partial charge in [-0.2, -0.15) is 0 Å². The number of rotatable bonds is 2. The number of nitrogens with zero attached hydrogens (tertiary/aromatic N) is 1. The van der Waals surface area contributed by atoms with Crippen LogP contribution in [0.4, 0.5) is 0 Å². The van der Waals surface area contributed by atoms with E-state index in [0.717, 1.165) is 24.3 Å². The summed E-state index contributed by atoms with van der Waals surface area (Å²) in [5, 5.41) is 0. The summed E-state index contributed by atoms with van der Waals surface area (Å²) >= 11 is 0. The summed E-state index contributed by atoms with van der Waals surface area (Å²) in [5.74, 6) is 1.63. The van der Waals surface area contributed by atoms with Gasteiger partial charge in [0.1, 0.15) is 0 Å². The fraction of sp³-hybridized carbons (Fsp3) is 0.778. The fourth-order valence-electron chi connectivity index (χ4n) is 4.66. The van der Waals surface area contributed by atoms with E-state index >= 15 is 0 Å². The average Bonchev–Trinajstić information content (AvgIpc) is 2.76. The van der Waals surface area contributed by atoms with E-state index < -0.39 is 0 Å². The predicted molar refractivity (Wildman–Crippen MR) is 84.9 cm³/mol. The number of aromatic nitrogens is 1. The van der Waals surface area contributed by atoms with Crippen molar-refractivity contribution >= 4 is 0 Å². The van der Waals surface area contributed by atoms with Crippen molar-refractivity contribution in [3.8, 4) is 0 Å². The minimum Gasteiger partial charge on any atom is -0.345 e. The van der Waals surface area contributed by atoms with E-state index in [2.05, 4.69) is 31.4 Å². The molecule has 2 nitrogen and oxygen atoms in total. The van der Waals surface area contributed by atoms with Gasteiger partial charge in [-0.05, 0) is 62.5 Å². The molecule has 0 saturated heterocycles. The zero-order valence-electron chi connectivity index (χ0n) is 13.4. The summed E-state index contributed by atoms with van der Waals surface area (Å²) in [6.07, 6.45) is 9.23. The van der Waals surface area contributed by atoms with E-state index in [9.17, 15) is 0 Å². The van der Waals surface area contributed by atoms with Gasteiger partial charge >= 0.3 is 0 Å². The van der Waals surface area contributed by atoms with Crippen LogP contribution in [-0.2, 0) is 6.42 Å². The van der Waals surface area contributed by atoms with E-state index in [1.165, 1.54) is 49.8 Å². The van der Waals surface area contributed by atoms with Crippen LogP contribution in [-0.4, -0.2) is 4.57 Å². The normalized spacial score (nSPS) is 30.6. The highest BCUT2D eigenvalue weighted by Crippen LogP contribution is 2.42. The first-order valence-corrected chi connectivity index (χ1v) is 8.55. The van der Waals surface area contributed by atoms with Gasteiger partial charge in [0.05, 0.1) is 0 Å². The molecule has 2 heteroatoms. The molecule has 20 heavy (non-hydrogen) atoms. The molecule has 1 aromatic rings. The second kappa shape index (κ2) is 5.55. The Morgan fingerprint density at radius 2 is 1.90 bits per heavy atom. The third-order valence-corrected chi connectivity index (χ3v) is 5.67. The van der Waals surface area contributed by atoms with Crippen molar-refractivity contribution < 1.29 is 0 Å². The van der Waals surface area contributed by atoms with Gasteiger partial charge in [-0.1, -0.05) is 26.7 Å². The molecular weight excluding hydrogens is 244 g/mol. The number of nitrogens with two attached hydrogens (primary N) is 1. The number of hydrogen-bond donors (Lipinski definition) is 1. The smallest absolute Gasteiger partial charge is 0.0366 e. The third-order valence-electron chi connectivity index (χ3n) is 5.67. The minimum atomic E-state index is 0.278. The molecule has 0 aliphatic heterocycles. The summed E-state index contributed by atoms with van der Waals surface area (Å²) < 4.78 is 2.69. The lowest BCUT2D eigenvalue weighted by Gasteiger charge is -2.38. The summed E-state index contributed by atoms with van der Waals surface area (Å²) in [7, 11) is 0. The minimum absolute atomic E-state index is 0.278. The molecule has 3 unspecified atom stereocenters. The zero-order valence-corrected chi connectivity index (χ0v) is 13.4. The van der Waals surface area contributed by atoms with E-state index in [-0.39, 0.29) is 6.04 Å². The highest BCUT2D eigenvalue weighted by atomic mass is 15.0. The molecule has 0 amide bonds. The first-order chi connectivity index (χ1) is 9.59. The number of hydrogen-bond acceptors (Lipinski definition) is 1. The van der Waals surface area contributed by atoms with Crippen LogP contribution in [0.25, 0.3) is 0 Å². The second-order valence-corrected chi connectivity index (χ2v) is 7.32. The molecule has 1 fully saturated rings. The number of fused-ring (bicyclic) bond motifs is 1. The molecule has 1 heterocycles. The van der Waals surface area contributed by atoms with Crippen molar-refractivity contribution in [3.63, 3.8) is 0 Å². The van der Waals surface area contributed by atoms with Gasteiger partial charge in [0.15, 0.2) is 0 Å². The zero-order chi connectivity index (χ0) is 14.3. The van der Waals surface area contributed by atoms with Crippen LogP contribution < -0.4 is 5.73 Å². The van der Waals surface area contributed by atoms with Gasteiger partial charge in [0, 0.05) is 23.5 Å². The Hall–Kier alpha value is -0.760. The molecule has 2 aliphatic rings. The van der Waals surface area contributed by atoms with Crippen LogP contribution in [0.2, 0.25) is 0 Å². The summed E-state index contributed by atoms with van der Waals surface area (Å²) in [6.45, 7) is 7.09. The van der Waals surface area contributed by atoms with Crippen LogP contribution >= 0.6 is 0 Å². The molecule has 3 atom stereocenters. The van der Waals surface area contributed by atoms with Crippen LogP contribution in [0.3, 0.4) is 0 Å². The Morgan fingerprint density at radius 1 is 1.15 bits per heavy atom. The highest BCUT2D eigenvalue weighted by Gasteiger charge is 2.32. The highest BCUT2D eigenvalue weighted by molar-refractivity contribution is 5.33. The van der Waals surface area contributed by atoms with Crippen molar-refractivity contribution in [1.29, 1.82) is 0 Å². The molecule has 1 saturated carbocycles. The summed E-state index contributed by atoms with van der Waals surface area (Å²) in [5.41, 5.74) is 10.8. The predicted octanol–water partition coefficient (Wildman–Crippen LogP) is 4.52. The maximum absolute atomic E-state index is 6.34. The summed E-state index contributed by atoms with van der Waals surface area (Å²) in [4.78, 5) is 0. The van der Waals surface area contributed by atoms with Crippen LogP contribution in [0.15, 0.2) is 6.07 Å². The maximum atomic E-state index is 6.34. The van der Waals surface area contributed by atoms with Gasteiger partial charge in [-0.3, -0.25) is 0 Å². The van der Waals surface area contributed by atoms with Crippen molar-refractivity contribution in [2.75, 3.05) is 0 Å². The van der Waals surface area contributed by atoms with Gasteiger partial charge in [0.2, 0.25) is 0 Å². The summed E-state index contributed by atoms with van der Waals surface area (Å²) in [6, 6.07) is 3.38. The van der Waals surface area contributed by atoms with Gasteiger partial charge in [0.25, 0.3) is 0 Å². The van der Waals surface area contributed by atoms with E-state index in [4.69, 9.17) is 5.73 Å². The third kappa shape index (κ3) is 2.32. The van der Waals surface area contributed by atoms with Gasteiger partial charge in [-0.25, -0.2) is 0 Å². The van der Waals surface area contributed by atoms with Crippen molar-refractivity contribution in [3.05, 3.63) is 23.0 Å². The maximum Gasteiger partial charge on any atom is 0.0366 e. The van der Waals surface area contributed by atoms with Gasteiger partial charge in [-0.15, -0.1) is 0 Å². The largest absolute Gasteiger partial charge is 0.345 e. The standard InChI is InChI=1S/C18H30N2/c1-12(2)14-7-4-5-9-17(14)20-13(3)11-15-16(19)8-6-10-18(15)20/h11-12,14,16-17H,4-10,19H2,1-3H3. The molecule has 112 valence electrons. The molecular formula is C18H30N2. The van der Waals surface area contributed by atoms with Crippen LogP contribution in [0, 0.1) is 18.8 Å². The number of aryl methyl sites for hydroxylation is 1. The quantitative estimate of drug-likeness (QED) is 0.844. The molecule has 0 radical (unpaired) electrons. The van der Waals surface area contributed by atoms with E-state index in [0.29, 0.717) is 0 Å². The SMILES string of the molecule is Cc1cc2c(n1C1CCCCC1C(C)C)CCCC2N. The van der Waals surface area contributed by atoms with Gasteiger partial charge < -0.3 is 10.3 Å². The molecule has 1 aromatic heterocycles. The van der Waals surface area contributed by atoms with Crippen LogP contribution in [0.5, 0.6) is 0 Å².